The van der Waals surface area contributed by atoms with Crippen molar-refractivity contribution in [3.8, 4) is 16.3 Å². The van der Waals surface area contributed by atoms with Gasteiger partial charge in [-0.15, -0.1) is 22.7 Å². The van der Waals surface area contributed by atoms with E-state index in [0.29, 0.717) is 0 Å². The van der Waals surface area contributed by atoms with Crippen molar-refractivity contribution in [3.05, 3.63) is 51.4 Å². The summed E-state index contributed by atoms with van der Waals surface area (Å²) in [5, 5.41) is 6.40. The quantitative estimate of drug-likeness (QED) is 0.670. The Balaban J connectivity index is 1.64. The summed E-state index contributed by atoms with van der Waals surface area (Å²) in [5.41, 5.74) is 3.34. The zero-order valence-corrected chi connectivity index (χ0v) is 15.1. The van der Waals surface area contributed by atoms with Crippen molar-refractivity contribution in [2.24, 2.45) is 0 Å². The van der Waals surface area contributed by atoms with E-state index in [0.717, 1.165) is 45.8 Å². The second-order valence-corrected chi connectivity index (χ2v) is 7.32. The van der Waals surface area contributed by atoms with Gasteiger partial charge in [-0.1, -0.05) is 0 Å². The van der Waals surface area contributed by atoms with Crippen LogP contribution in [0.15, 0.2) is 35.0 Å². The molecule has 0 radical (unpaired) electrons. The van der Waals surface area contributed by atoms with Crippen LogP contribution in [-0.2, 0) is 13.1 Å². The molecule has 0 aliphatic heterocycles. The van der Waals surface area contributed by atoms with Crippen molar-refractivity contribution in [2.75, 3.05) is 14.2 Å². The molecule has 1 aromatic carbocycles. The molecule has 0 fully saturated rings. The maximum Gasteiger partial charge on any atom is 0.123 e. The van der Waals surface area contributed by atoms with Crippen molar-refractivity contribution in [1.29, 1.82) is 0 Å². The zero-order chi connectivity index (χ0) is 16.2. The monoisotopic (exact) mass is 345 g/mol. The van der Waals surface area contributed by atoms with Gasteiger partial charge in [0.25, 0.3) is 0 Å². The largest absolute Gasteiger partial charge is 0.497 e. The molecule has 0 aliphatic rings. The number of ether oxygens (including phenoxy) is 1. The van der Waals surface area contributed by atoms with Gasteiger partial charge >= 0.3 is 0 Å². The minimum atomic E-state index is 0.823. The third-order valence-corrected chi connectivity index (χ3v) is 5.18. The fraction of sp³-hybridized carbons (Fsp3) is 0.294. The standard InChI is InChI=1S/C17H19N3OS2/c1-12-18-14(10-22-12)8-20(2)9-15-11-23-17(19-15)13-4-6-16(21-3)7-5-13/h4-7,10-11H,8-9H2,1-3H3. The van der Waals surface area contributed by atoms with Crippen molar-refractivity contribution < 1.29 is 4.74 Å². The highest BCUT2D eigenvalue weighted by Crippen LogP contribution is 2.26. The number of aromatic nitrogens is 2. The topological polar surface area (TPSA) is 38.2 Å². The Morgan fingerprint density at radius 3 is 2.26 bits per heavy atom. The zero-order valence-electron chi connectivity index (χ0n) is 13.4. The second-order valence-electron chi connectivity index (χ2n) is 5.40. The average molecular weight is 345 g/mol. The molecule has 0 spiro atoms. The predicted octanol–water partition coefficient (Wildman–Crippen LogP) is 4.22. The minimum absolute atomic E-state index is 0.823. The van der Waals surface area contributed by atoms with Crippen LogP contribution < -0.4 is 4.74 Å². The number of methoxy groups -OCH3 is 1. The Kier molecular flexibility index (Phi) is 5.05. The van der Waals surface area contributed by atoms with E-state index in [-0.39, 0.29) is 0 Å². The van der Waals surface area contributed by atoms with E-state index in [1.165, 1.54) is 0 Å². The first-order valence-electron chi connectivity index (χ1n) is 7.32. The lowest BCUT2D eigenvalue weighted by molar-refractivity contribution is 0.312. The van der Waals surface area contributed by atoms with Gasteiger partial charge in [0.05, 0.1) is 23.5 Å². The van der Waals surface area contributed by atoms with Crippen molar-refractivity contribution >= 4 is 22.7 Å². The van der Waals surface area contributed by atoms with Gasteiger partial charge < -0.3 is 4.74 Å². The van der Waals surface area contributed by atoms with E-state index < -0.39 is 0 Å². The van der Waals surface area contributed by atoms with E-state index >= 15 is 0 Å². The lowest BCUT2D eigenvalue weighted by Crippen LogP contribution is -2.17. The van der Waals surface area contributed by atoms with Crippen molar-refractivity contribution in [3.63, 3.8) is 0 Å². The number of aryl methyl sites for hydroxylation is 1. The summed E-state index contributed by atoms with van der Waals surface area (Å²) >= 11 is 3.37. The Bertz CT molecular complexity index is 764. The molecule has 23 heavy (non-hydrogen) atoms. The molecule has 120 valence electrons. The van der Waals surface area contributed by atoms with Crippen molar-refractivity contribution in [1.82, 2.24) is 14.9 Å². The van der Waals surface area contributed by atoms with Crippen LogP contribution >= 0.6 is 22.7 Å². The molecule has 0 saturated heterocycles. The van der Waals surface area contributed by atoms with E-state index in [2.05, 4.69) is 27.7 Å². The SMILES string of the molecule is COc1ccc(-c2nc(CN(C)Cc3csc(C)n3)cs2)cc1. The molecule has 0 bridgehead atoms. The van der Waals surface area contributed by atoms with E-state index in [9.17, 15) is 0 Å². The molecule has 0 N–H and O–H groups in total. The minimum Gasteiger partial charge on any atom is -0.497 e. The van der Waals surface area contributed by atoms with Crippen LogP contribution in [0.4, 0.5) is 0 Å². The maximum absolute atomic E-state index is 5.19. The molecular weight excluding hydrogens is 326 g/mol. The summed E-state index contributed by atoms with van der Waals surface area (Å²) in [6.07, 6.45) is 0. The van der Waals surface area contributed by atoms with E-state index in [1.807, 2.05) is 31.2 Å². The van der Waals surface area contributed by atoms with Crippen LogP contribution in [0.1, 0.15) is 16.4 Å². The summed E-state index contributed by atoms with van der Waals surface area (Å²) in [6.45, 7) is 3.71. The molecule has 0 amide bonds. The Labute approximate surface area is 144 Å². The maximum atomic E-state index is 5.19. The number of hydrogen-bond acceptors (Lipinski definition) is 6. The van der Waals surface area contributed by atoms with Crippen LogP contribution in [0, 0.1) is 6.92 Å². The first-order valence-corrected chi connectivity index (χ1v) is 9.08. The third kappa shape index (κ3) is 4.16. The highest BCUT2D eigenvalue weighted by molar-refractivity contribution is 7.13. The normalized spacial score (nSPS) is 11.1. The van der Waals surface area contributed by atoms with Gasteiger partial charge in [-0.25, -0.2) is 9.97 Å². The van der Waals surface area contributed by atoms with Crippen LogP contribution in [0.3, 0.4) is 0 Å². The van der Waals surface area contributed by atoms with Gasteiger partial charge in [0.1, 0.15) is 10.8 Å². The first kappa shape index (κ1) is 16.1. The van der Waals surface area contributed by atoms with Crippen LogP contribution in [-0.4, -0.2) is 29.0 Å². The molecule has 2 heterocycles. The van der Waals surface area contributed by atoms with E-state index in [4.69, 9.17) is 9.72 Å². The van der Waals surface area contributed by atoms with Gasteiger partial charge in [0.15, 0.2) is 0 Å². The average Bonchev–Trinajstić information content (AvgIpc) is 3.16. The van der Waals surface area contributed by atoms with Gasteiger partial charge in [-0.2, -0.15) is 0 Å². The van der Waals surface area contributed by atoms with Crippen molar-refractivity contribution in [2.45, 2.75) is 20.0 Å². The first-order chi connectivity index (χ1) is 11.1. The molecule has 3 rings (SSSR count). The summed E-state index contributed by atoms with van der Waals surface area (Å²) in [5.74, 6) is 0.865. The Hall–Kier alpha value is -1.76. The predicted molar refractivity (Wildman–Crippen MR) is 96.1 cm³/mol. The highest BCUT2D eigenvalue weighted by Gasteiger charge is 2.09. The fourth-order valence-electron chi connectivity index (χ4n) is 2.34. The molecule has 6 heteroatoms. The Morgan fingerprint density at radius 2 is 1.65 bits per heavy atom. The third-order valence-electron chi connectivity index (χ3n) is 3.42. The summed E-state index contributed by atoms with van der Waals surface area (Å²) in [6, 6.07) is 8.02. The molecule has 3 aromatic rings. The summed E-state index contributed by atoms with van der Waals surface area (Å²) in [7, 11) is 3.78. The number of benzene rings is 1. The molecule has 0 atom stereocenters. The van der Waals surface area contributed by atoms with Crippen LogP contribution in [0.5, 0.6) is 5.75 Å². The van der Waals surface area contributed by atoms with Crippen LogP contribution in [0.2, 0.25) is 0 Å². The number of hydrogen-bond donors (Lipinski definition) is 0. The lowest BCUT2D eigenvalue weighted by Gasteiger charge is -2.13. The molecule has 0 unspecified atom stereocenters. The second kappa shape index (κ2) is 7.21. The molecule has 0 saturated carbocycles. The molecular formula is C17H19N3OS2. The fourth-order valence-corrected chi connectivity index (χ4v) is 3.76. The smallest absolute Gasteiger partial charge is 0.123 e. The van der Waals surface area contributed by atoms with Gasteiger partial charge in [0, 0.05) is 29.4 Å². The number of thiazole rings is 2. The highest BCUT2D eigenvalue weighted by atomic mass is 32.1. The Morgan fingerprint density at radius 1 is 1.00 bits per heavy atom. The van der Waals surface area contributed by atoms with Gasteiger partial charge in [-0.05, 0) is 38.2 Å². The number of nitrogens with zero attached hydrogens (tertiary/aromatic N) is 3. The van der Waals surface area contributed by atoms with Crippen LogP contribution in [0.25, 0.3) is 10.6 Å². The molecule has 0 aliphatic carbocycles. The summed E-state index contributed by atoms with van der Waals surface area (Å²) in [4.78, 5) is 11.5. The van der Waals surface area contributed by atoms with Gasteiger partial charge in [-0.3, -0.25) is 4.90 Å². The molecule has 2 aromatic heterocycles. The molecule has 4 nitrogen and oxygen atoms in total. The lowest BCUT2D eigenvalue weighted by atomic mass is 10.2. The number of rotatable bonds is 6. The van der Waals surface area contributed by atoms with E-state index in [1.54, 1.807) is 29.8 Å². The van der Waals surface area contributed by atoms with Gasteiger partial charge in [0.2, 0.25) is 0 Å². The summed E-state index contributed by atoms with van der Waals surface area (Å²) < 4.78 is 5.19.